The average molecular weight is 877 g/mol. The summed E-state index contributed by atoms with van der Waals surface area (Å²) in [5.41, 5.74) is 0.631. The van der Waals surface area contributed by atoms with Crippen molar-refractivity contribution in [1.29, 1.82) is 0 Å². The molecule has 0 bridgehead atoms. The highest BCUT2D eigenvalue weighted by atomic mass is 28.4. The zero-order valence-corrected chi connectivity index (χ0v) is 40.8. The molecule has 3 unspecified atom stereocenters. The lowest BCUT2D eigenvalue weighted by Gasteiger charge is -2.39. The third kappa shape index (κ3) is 20.3. The second-order valence-electron chi connectivity index (χ2n) is 18.6. The summed E-state index contributed by atoms with van der Waals surface area (Å²) in [6, 6.07) is 0. The molecular formula is C49H84O11Si. The smallest absolute Gasteiger partial charge is 0.334 e. The van der Waals surface area contributed by atoms with Crippen LogP contribution in [0.5, 0.6) is 0 Å². The highest BCUT2D eigenvalue weighted by Crippen LogP contribution is 2.39. The van der Waals surface area contributed by atoms with E-state index in [4.69, 9.17) is 47.1 Å². The predicted molar refractivity (Wildman–Crippen MR) is 242 cm³/mol. The topological polar surface area (TPSA) is 109 Å². The molecule has 0 amide bonds. The second-order valence-corrected chi connectivity index (χ2v) is 23.4. The highest BCUT2D eigenvalue weighted by molar-refractivity contribution is 6.74. The van der Waals surface area contributed by atoms with Crippen molar-refractivity contribution in [2.75, 3.05) is 41.7 Å². The third-order valence-corrected chi connectivity index (χ3v) is 17.0. The van der Waals surface area contributed by atoms with Gasteiger partial charge in [0, 0.05) is 58.7 Å². The number of cyclic esters (lactones) is 1. The van der Waals surface area contributed by atoms with Gasteiger partial charge in [-0.15, -0.1) is 17.8 Å². The van der Waals surface area contributed by atoms with Gasteiger partial charge in [0.25, 0.3) is 0 Å². The number of ether oxygens (including phenoxy) is 9. The second kappa shape index (κ2) is 29.6. The van der Waals surface area contributed by atoms with Crippen LogP contribution < -0.4 is 0 Å². The molecule has 0 aromatic carbocycles. The predicted octanol–water partition coefficient (Wildman–Crippen LogP) is 10.2. The van der Waals surface area contributed by atoms with Crippen LogP contribution in [-0.4, -0.2) is 111 Å². The molecule has 12 heteroatoms. The van der Waals surface area contributed by atoms with Crippen molar-refractivity contribution >= 4 is 14.3 Å². The average Bonchev–Trinajstić information content (AvgIpc) is 3.98. The summed E-state index contributed by atoms with van der Waals surface area (Å²) in [6.45, 7) is 16.1. The van der Waals surface area contributed by atoms with Gasteiger partial charge in [0.1, 0.15) is 32.6 Å². The van der Waals surface area contributed by atoms with Gasteiger partial charge in [-0.1, -0.05) is 85.0 Å². The molecule has 350 valence electrons. The van der Waals surface area contributed by atoms with Gasteiger partial charge in [-0.3, -0.25) is 0 Å². The zero-order valence-electron chi connectivity index (χ0n) is 39.8. The molecule has 2 saturated heterocycles. The summed E-state index contributed by atoms with van der Waals surface area (Å²) in [6.07, 6.45) is 19.9. The van der Waals surface area contributed by atoms with Gasteiger partial charge in [0.15, 0.2) is 8.32 Å². The summed E-state index contributed by atoms with van der Waals surface area (Å²) < 4.78 is 59.4. The Morgan fingerprint density at radius 3 is 1.95 bits per heavy atom. The van der Waals surface area contributed by atoms with Gasteiger partial charge in [-0.05, 0) is 76.1 Å². The molecule has 0 saturated carbocycles. The van der Waals surface area contributed by atoms with Crippen LogP contribution >= 0.6 is 0 Å². The minimum Gasteiger partial charge on any atom is -0.455 e. The number of carbonyl (C=O) groups is 1. The lowest BCUT2D eigenvalue weighted by atomic mass is 10.0. The Balaban J connectivity index is 1.55. The van der Waals surface area contributed by atoms with Crippen molar-refractivity contribution in [1.82, 2.24) is 0 Å². The van der Waals surface area contributed by atoms with Gasteiger partial charge >= 0.3 is 5.97 Å². The van der Waals surface area contributed by atoms with Gasteiger partial charge in [0.2, 0.25) is 0 Å². The van der Waals surface area contributed by atoms with Crippen molar-refractivity contribution in [2.24, 2.45) is 0 Å². The summed E-state index contributed by atoms with van der Waals surface area (Å²) in [5, 5.41) is 0.0751. The van der Waals surface area contributed by atoms with E-state index < -0.39 is 14.4 Å². The molecule has 0 aromatic rings. The molecule has 0 spiro atoms. The molecule has 0 radical (unpaired) electrons. The Bertz CT molecular complexity index is 1370. The van der Waals surface area contributed by atoms with Crippen molar-refractivity contribution in [2.45, 2.75) is 230 Å². The normalized spacial score (nSPS) is 23.7. The molecule has 0 aliphatic carbocycles. The van der Waals surface area contributed by atoms with E-state index in [1.165, 1.54) is 44.9 Å². The first-order valence-electron chi connectivity index (χ1n) is 23.5. The van der Waals surface area contributed by atoms with Crippen LogP contribution in [0.1, 0.15) is 157 Å². The van der Waals surface area contributed by atoms with E-state index in [2.05, 4.69) is 64.5 Å². The minimum absolute atomic E-state index is 0.00180. The molecule has 3 heterocycles. The molecular weight excluding hydrogens is 793 g/mol. The van der Waals surface area contributed by atoms with Crippen LogP contribution in [0, 0.1) is 23.7 Å². The maximum absolute atomic E-state index is 12.2. The molecule has 0 aromatic heterocycles. The summed E-state index contributed by atoms with van der Waals surface area (Å²) in [7, 11) is 2.85. The van der Waals surface area contributed by atoms with E-state index in [-0.39, 0.29) is 80.2 Å². The molecule has 3 aliphatic heterocycles. The number of hydrogen-bond donors (Lipinski definition) is 0. The molecule has 3 aliphatic rings. The van der Waals surface area contributed by atoms with Gasteiger partial charge in [-0.2, -0.15) is 0 Å². The Hall–Kier alpha value is -1.81. The van der Waals surface area contributed by atoms with Crippen molar-refractivity contribution in [3.63, 3.8) is 0 Å². The fourth-order valence-corrected chi connectivity index (χ4v) is 9.39. The molecule has 9 atom stereocenters. The lowest BCUT2D eigenvalue weighted by Crippen LogP contribution is -2.43. The Kier molecular flexibility index (Phi) is 26.0. The third-order valence-electron chi connectivity index (χ3n) is 12.5. The minimum atomic E-state index is -2.05. The fourth-order valence-electron chi connectivity index (χ4n) is 7.97. The van der Waals surface area contributed by atoms with Crippen LogP contribution in [0.25, 0.3) is 0 Å². The first-order chi connectivity index (χ1) is 29.3. The van der Waals surface area contributed by atoms with Crippen LogP contribution in [0.15, 0.2) is 11.6 Å². The van der Waals surface area contributed by atoms with Crippen molar-refractivity contribution < 1.29 is 51.9 Å². The lowest BCUT2D eigenvalue weighted by molar-refractivity contribution is -0.150. The molecule has 3 rings (SSSR count). The first-order valence-corrected chi connectivity index (χ1v) is 26.4. The molecule has 61 heavy (non-hydrogen) atoms. The Labute approximate surface area is 371 Å². The maximum atomic E-state index is 12.2. The standard InChI is InChI=1S/C49H84O11Si/c1-11-12-13-14-15-16-17-21-27-42(55-36-52-7)44-29-31-46(58-44)47-32-30-45(59-47)43(56-37-53-8)28-23-22-25-40(60-61(9,10)49(3,4)5)24-19-18-20-26-41(54-35-51-6)34-39-33-38(2)57-48(39)50/h33,38,40-47H,11-17,19,21-22,24-27,29-32,34-37H2,1-10H3/t38-,40?,41?,42+,43?,44+,45+,46+,47+/m0/s1. The number of methoxy groups -OCH3 is 3. The number of esters is 1. The van der Waals surface area contributed by atoms with Crippen LogP contribution in [0.3, 0.4) is 0 Å². The van der Waals surface area contributed by atoms with E-state index >= 15 is 0 Å². The zero-order chi connectivity index (χ0) is 44.5. The molecule has 0 N–H and O–H groups in total. The van der Waals surface area contributed by atoms with E-state index in [1.807, 2.05) is 13.0 Å². The van der Waals surface area contributed by atoms with Crippen molar-refractivity contribution in [3.8, 4) is 23.7 Å². The number of unbranched alkanes of at least 4 members (excludes halogenated alkanes) is 7. The molecule has 11 nitrogen and oxygen atoms in total. The van der Waals surface area contributed by atoms with Crippen molar-refractivity contribution in [3.05, 3.63) is 11.6 Å². The van der Waals surface area contributed by atoms with Crippen LogP contribution in [-0.2, 0) is 51.9 Å². The highest BCUT2D eigenvalue weighted by Gasteiger charge is 2.42. The van der Waals surface area contributed by atoms with E-state index in [1.54, 1.807) is 21.3 Å². The van der Waals surface area contributed by atoms with Crippen LogP contribution in [0.2, 0.25) is 18.1 Å². The number of rotatable bonds is 30. The number of carbonyl (C=O) groups excluding carboxylic acids is 1. The summed E-state index contributed by atoms with van der Waals surface area (Å²) >= 11 is 0. The largest absolute Gasteiger partial charge is 0.455 e. The SMILES string of the molecule is CCCCCCCCCC[C@@H](OCOC)[C@H]1CC[C@H]([C@H]2CC[C@H](C(C#CCCC(CCC#CCC(CC3=C[C@H](C)OC3=O)OCOC)O[Si](C)(C)C(C)(C)C)OCOC)O2)O1. The quantitative estimate of drug-likeness (QED) is 0.0226. The first kappa shape index (κ1) is 53.5. The van der Waals surface area contributed by atoms with Gasteiger partial charge < -0.3 is 47.1 Å². The fraction of sp³-hybridized carbons (Fsp3) is 0.857. The molecule has 2 fully saturated rings. The number of hydrogen-bond acceptors (Lipinski definition) is 11. The van der Waals surface area contributed by atoms with Gasteiger partial charge in [0.05, 0.1) is 36.6 Å². The monoisotopic (exact) mass is 877 g/mol. The maximum Gasteiger partial charge on any atom is 0.334 e. The van der Waals surface area contributed by atoms with E-state index in [0.29, 0.717) is 31.3 Å². The van der Waals surface area contributed by atoms with E-state index in [0.717, 1.165) is 51.4 Å². The Morgan fingerprint density at radius 2 is 1.33 bits per heavy atom. The summed E-state index contributed by atoms with van der Waals surface area (Å²) in [5.74, 6) is 13.2. The van der Waals surface area contributed by atoms with Crippen LogP contribution in [0.4, 0.5) is 0 Å². The van der Waals surface area contributed by atoms with Gasteiger partial charge in [-0.25, -0.2) is 4.79 Å². The Morgan fingerprint density at radius 1 is 0.738 bits per heavy atom. The summed E-state index contributed by atoms with van der Waals surface area (Å²) in [4.78, 5) is 12.2. The van der Waals surface area contributed by atoms with E-state index in [9.17, 15) is 4.79 Å².